The van der Waals surface area contributed by atoms with Crippen molar-refractivity contribution in [3.05, 3.63) is 35.9 Å². The summed E-state index contributed by atoms with van der Waals surface area (Å²) in [5.41, 5.74) is 1.42. The summed E-state index contributed by atoms with van der Waals surface area (Å²) in [4.78, 5) is 2.65. The molecule has 0 radical (unpaired) electrons. The standard InChI is InChI=1S/C17H28N2S/c1-4-17(5-2,20-3)14-19-12-11-18-16(13-19)15-9-7-6-8-10-15/h6-10,16,18H,4-5,11-14H2,1-3H3. The van der Waals surface area contributed by atoms with Gasteiger partial charge < -0.3 is 5.32 Å². The maximum Gasteiger partial charge on any atom is 0.0449 e. The third-order valence-electron chi connectivity index (χ3n) is 4.69. The molecule has 1 aromatic carbocycles. The SMILES string of the molecule is CCC(CC)(CN1CCNC(c2ccccc2)C1)SC. The molecule has 0 aromatic heterocycles. The second-order valence-corrected chi connectivity index (χ2v) is 7.02. The first-order valence-electron chi connectivity index (χ1n) is 7.79. The Hall–Kier alpha value is -0.510. The second-order valence-electron chi connectivity index (χ2n) is 5.75. The zero-order valence-electron chi connectivity index (χ0n) is 13.1. The van der Waals surface area contributed by atoms with Crippen molar-refractivity contribution in [1.29, 1.82) is 0 Å². The van der Waals surface area contributed by atoms with Gasteiger partial charge in [0.05, 0.1) is 0 Å². The Kier molecular flexibility index (Phi) is 5.94. The highest BCUT2D eigenvalue weighted by atomic mass is 32.2. The molecule has 1 heterocycles. The zero-order valence-corrected chi connectivity index (χ0v) is 13.9. The Morgan fingerprint density at radius 2 is 1.95 bits per heavy atom. The summed E-state index contributed by atoms with van der Waals surface area (Å²) >= 11 is 2.05. The maximum absolute atomic E-state index is 3.66. The van der Waals surface area contributed by atoms with E-state index in [-0.39, 0.29) is 0 Å². The van der Waals surface area contributed by atoms with Gasteiger partial charge in [-0.25, -0.2) is 0 Å². The molecule has 1 N–H and O–H groups in total. The highest BCUT2D eigenvalue weighted by molar-refractivity contribution is 8.00. The fraction of sp³-hybridized carbons (Fsp3) is 0.647. The van der Waals surface area contributed by atoms with Gasteiger partial charge in [0.15, 0.2) is 0 Å². The second kappa shape index (κ2) is 7.48. The minimum atomic E-state index is 0.429. The molecular formula is C17H28N2S. The average molecular weight is 292 g/mol. The fourth-order valence-electron chi connectivity index (χ4n) is 3.10. The minimum absolute atomic E-state index is 0.429. The molecule has 112 valence electrons. The smallest absolute Gasteiger partial charge is 0.0449 e. The molecule has 0 spiro atoms. The van der Waals surface area contributed by atoms with Gasteiger partial charge in [0, 0.05) is 37.0 Å². The van der Waals surface area contributed by atoms with E-state index in [0.29, 0.717) is 10.8 Å². The quantitative estimate of drug-likeness (QED) is 0.863. The molecule has 0 aliphatic carbocycles. The van der Waals surface area contributed by atoms with E-state index < -0.39 is 0 Å². The van der Waals surface area contributed by atoms with E-state index in [1.165, 1.54) is 31.5 Å². The van der Waals surface area contributed by atoms with E-state index in [4.69, 9.17) is 0 Å². The number of nitrogens with one attached hydrogen (secondary N) is 1. The molecule has 2 nitrogen and oxygen atoms in total. The van der Waals surface area contributed by atoms with Crippen LogP contribution in [0.1, 0.15) is 38.3 Å². The summed E-state index contributed by atoms with van der Waals surface area (Å²) in [7, 11) is 0. The lowest BCUT2D eigenvalue weighted by molar-refractivity contribution is 0.180. The molecule has 1 aromatic rings. The molecule has 1 saturated heterocycles. The molecule has 1 aliphatic rings. The van der Waals surface area contributed by atoms with Crippen LogP contribution in [0.5, 0.6) is 0 Å². The summed E-state index contributed by atoms with van der Waals surface area (Å²) in [6.45, 7) is 9.27. The van der Waals surface area contributed by atoms with Gasteiger partial charge >= 0.3 is 0 Å². The molecule has 0 bridgehead atoms. The van der Waals surface area contributed by atoms with Crippen molar-refractivity contribution < 1.29 is 0 Å². The number of hydrogen-bond donors (Lipinski definition) is 1. The lowest BCUT2D eigenvalue weighted by atomic mass is 9.99. The van der Waals surface area contributed by atoms with E-state index in [1.807, 2.05) is 11.8 Å². The van der Waals surface area contributed by atoms with Crippen LogP contribution in [0, 0.1) is 0 Å². The third-order valence-corrected chi connectivity index (χ3v) is 6.27. The normalized spacial score (nSPS) is 21.1. The molecule has 0 amide bonds. The topological polar surface area (TPSA) is 15.3 Å². The van der Waals surface area contributed by atoms with Crippen molar-refractivity contribution in [2.45, 2.75) is 37.5 Å². The average Bonchev–Trinajstić information content (AvgIpc) is 2.54. The van der Waals surface area contributed by atoms with E-state index in [2.05, 4.69) is 60.7 Å². The monoisotopic (exact) mass is 292 g/mol. The summed E-state index contributed by atoms with van der Waals surface area (Å²) < 4.78 is 0.429. The maximum atomic E-state index is 3.66. The number of thioether (sulfide) groups is 1. The molecule has 1 unspecified atom stereocenters. The predicted octanol–water partition coefficient (Wildman–Crippen LogP) is 3.55. The molecule has 1 fully saturated rings. The first kappa shape index (κ1) is 15.9. The van der Waals surface area contributed by atoms with Gasteiger partial charge in [0.25, 0.3) is 0 Å². The molecule has 1 atom stereocenters. The van der Waals surface area contributed by atoms with Crippen LogP contribution >= 0.6 is 11.8 Å². The Labute approximate surface area is 128 Å². The molecule has 3 heteroatoms. The number of nitrogens with zero attached hydrogens (tertiary/aromatic N) is 1. The molecular weight excluding hydrogens is 264 g/mol. The van der Waals surface area contributed by atoms with Gasteiger partial charge in [-0.15, -0.1) is 0 Å². The predicted molar refractivity (Wildman–Crippen MR) is 90.5 cm³/mol. The van der Waals surface area contributed by atoms with Crippen LogP contribution in [-0.4, -0.2) is 42.1 Å². The van der Waals surface area contributed by atoms with E-state index in [0.717, 1.165) is 13.1 Å². The van der Waals surface area contributed by atoms with Crippen LogP contribution in [-0.2, 0) is 0 Å². The van der Waals surface area contributed by atoms with Crippen molar-refractivity contribution in [2.24, 2.45) is 0 Å². The van der Waals surface area contributed by atoms with Crippen LogP contribution in [0.15, 0.2) is 30.3 Å². The molecule has 1 aliphatic heterocycles. The van der Waals surface area contributed by atoms with Gasteiger partial charge in [0.1, 0.15) is 0 Å². The van der Waals surface area contributed by atoms with Crippen LogP contribution in [0.25, 0.3) is 0 Å². The van der Waals surface area contributed by atoms with Crippen molar-refractivity contribution >= 4 is 11.8 Å². The molecule has 20 heavy (non-hydrogen) atoms. The third kappa shape index (κ3) is 3.78. The first-order chi connectivity index (χ1) is 9.73. The van der Waals surface area contributed by atoms with Gasteiger partial charge in [-0.3, -0.25) is 4.90 Å². The Morgan fingerprint density at radius 1 is 1.25 bits per heavy atom. The first-order valence-corrected chi connectivity index (χ1v) is 9.01. The summed E-state index contributed by atoms with van der Waals surface area (Å²) in [6, 6.07) is 11.3. The highest BCUT2D eigenvalue weighted by Gasteiger charge is 2.30. The Bertz CT molecular complexity index is 381. The zero-order chi connectivity index (χ0) is 14.4. The summed E-state index contributed by atoms with van der Waals surface area (Å²) in [6.07, 6.45) is 4.78. The highest BCUT2D eigenvalue weighted by Crippen LogP contribution is 2.32. The lowest BCUT2D eigenvalue weighted by Gasteiger charge is -2.40. The summed E-state index contributed by atoms with van der Waals surface area (Å²) in [5, 5.41) is 3.66. The van der Waals surface area contributed by atoms with Gasteiger partial charge in [-0.1, -0.05) is 44.2 Å². The van der Waals surface area contributed by atoms with Crippen LogP contribution in [0.2, 0.25) is 0 Å². The number of benzene rings is 1. The van der Waals surface area contributed by atoms with Crippen molar-refractivity contribution in [2.75, 3.05) is 32.4 Å². The number of hydrogen-bond acceptors (Lipinski definition) is 3. The van der Waals surface area contributed by atoms with E-state index >= 15 is 0 Å². The van der Waals surface area contributed by atoms with E-state index in [1.54, 1.807) is 0 Å². The Balaban J connectivity index is 2.00. The number of piperazine rings is 1. The van der Waals surface area contributed by atoms with Gasteiger partial charge in [-0.05, 0) is 24.7 Å². The largest absolute Gasteiger partial charge is 0.308 e. The molecule has 2 rings (SSSR count). The lowest BCUT2D eigenvalue weighted by Crippen LogP contribution is -2.50. The number of rotatable bonds is 6. The van der Waals surface area contributed by atoms with E-state index in [9.17, 15) is 0 Å². The summed E-state index contributed by atoms with van der Waals surface area (Å²) in [5.74, 6) is 0. The molecule has 0 saturated carbocycles. The minimum Gasteiger partial charge on any atom is -0.308 e. The van der Waals surface area contributed by atoms with Crippen LogP contribution in [0.4, 0.5) is 0 Å². The van der Waals surface area contributed by atoms with Crippen molar-refractivity contribution in [1.82, 2.24) is 10.2 Å². The van der Waals surface area contributed by atoms with Crippen LogP contribution < -0.4 is 5.32 Å². The van der Waals surface area contributed by atoms with Crippen molar-refractivity contribution in [3.8, 4) is 0 Å². The Morgan fingerprint density at radius 3 is 2.55 bits per heavy atom. The fourth-order valence-corrected chi connectivity index (χ4v) is 3.99. The van der Waals surface area contributed by atoms with Crippen LogP contribution in [0.3, 0.4) is 0 Å². The van der Waals surface area contributed by atoms with Gasteiger partial charge in [0.2, 0.25) is 0 Å². The van der Waals surface area contributed by atoms with Gasteiger partial charge in [-0.2, -0.15) is 11.8 Å². The van der Waals surface area contributed by atoms with Crippen molar-refractivity contribution in [3.63, 3.8) is 0 Å².